The van der Waals surface area contributed by atoms with Crippen LogP contribution in [0.3, 0.4) is 0 Å². The van der Waals surface area contributed by atoms with Crippen LogP contribution in [-0.2, 0) is 28.6 Å². The van der Waals surface area contributed by atoms with E-state index < -0.39 is 31.1 Å². The summed E-state index contributed by atoms with van der Waals surface area (Å²) in [6, 6.07) is 0. The molecule has 0 aromatic rings. The molecule has 84 valence electrons. The molecule has 0 aliphatic carbocycles. The molecule has 6 nitrogen and oxygen atoms in total. The second-order valence-electron chi connectivity index (χ2n) is 2.88. The summed E-state index contributed by atoms with van der Waals surface area (Å²) in [5.41, 5.74) is 0. The van der Waals surface area contributed by atoms with Crippen molar-refractivity contribution in [2.75, 3.05) is 6.79 Å². The van der Waals surface area contributed by atoms with Crippen LogP contribution in [0.4, 0.5) is 0 Å². The molecule has 1 saturated heterocycles. The minimum atomic E-state index is -4.11. The second kappa shape index (κ2) is 3.44. The van der Waals surface area contributed by atoms with Crippen LogP contribution in [0.2, 0.25) is 0 Å². The Labute approximate surface area is 83.5 Å². The van der Waals surface area contributed by atoms with E-state index in [9.17, 15) is 16.8 Å². The zero-order chi connectivity index (χ0) is 11.0. The molecule has 0 spiro atoms. The van der Waals surface area contributed by atoms with E-state index >= 15 is 0 Å². The summed E-state index contributed by atoms with van der Waals surface area (Å²) in [5, 5.41) is 0. The van der Waals surface area contributed by atoms with Gasteiger partial charge in [0.05, 0.1) is 0 Å². The van der Waals surface area contributed by atoms with Crippen molar-refractivity contribution in [2.45, 2.75) is 30.8 Å². The monoisotopic (exact) mass is 244 g/mol. The standard InChI is InChI=1S/C6H12O6S2/c1-3-6(4-2)13(7,8)11-5-12-14(6,9)10/h3-5H2,1-2H3. The van der Waals surface area contributed by atoms with Crippen LogP contribution in [0.1, 0.15) is 26.7 Å². The number of rotatable bonds is 2. The van der Waals surface area contributed by atoms with Gasteiger partial charge < -0.3 is 0 Å². The van der Waals surface area contributed by atoms with Crippen molar-refractivity contribution >= 4 is 20.2 Å². The maximum atomic E-state index is 11.5. The molecular formula is C6H12O6S2. The van der Waals surface area contributed by atoms with E-state index in [-0.39, 0.29) is 12.8 Å². The summed E-state index contributed by atoms with van der Waals surface area (Å²) in [6.45, 7) is 2.18. The normalized spacial score (nSPS) is 28.4. The Bertz CT molecular complexity index is 366. The van der Waals surface area contributed by atoms with Crippen LogP contribution in [0.15, 0.2) is 0 Å². The third kappa shape index (κ3) is 1.37. The van der Waals surface area contributed by atoms with Crippen LogP contribution in [0.5, 0.6) is 0 Å². The van der Waals surface area contributed by atoms with E-state index in [0.29, 0.717) is 0 Å². The lowest BCUT2D eigenvalue weighted by atomic mass is 10.2. The Kier molecular flexibility index (Phi) is 2.92. The number of hydrogen-bond acceptors (Lipinski definition) is 6. The molecule has 0 amide bonds. The predicted octanol–water partition coefficient (Wildman–Crippen LogP) is 0.167. The molecule has 1 rings (SSSR count). The van der Waals surface area contributed by atoms with Gasteiger partial charge in [-0.1, -0.05) is 13.8 Å². The predicted molar refractivity (Wildman–Crippen MR) is 48.2 cm³/mol. The largest absolute Gasteiger partial charge is 0.292 e. The highest BCUT2D eigenvalue weighted by Crippen LogP contribution is 2.37. The third-order valence-corrected chi connectivity index (χ3v) is 7.41. The molecule has 8 heteroatoms. The molecule has 1 aliphatic rings. The van der Waals surface area contributed by atoms with Crippen molar-refractivity contribution in [2.24, 2.45) is 0 Å². The van der Waals surface area contributed by atoms with Crippen LogP contribution in [0.25, 0.3) is 0 Å². The van der Waals surface area contributed by atoms with Crippen LogP contribution in [-0.4, -0.2) is 27.7 Å². The molecule has 0 N–H and O–H groups in total. The first-order valence-electron chi connectivity index (χ1n) is 4.11. The first-order chi connectivity index (χ1) is 6.33. The van der Waals surface area contributed by atoms with Gasteiger partial charge in [0.1, 0.15) is 0 Å². The third-order valence-electron chi connectivity index (χ3n) is 2.40. The molecule has 0 unspecified atom stereocenters. The van der Waals surface area contributed by atoms with Gasteiger partial charge in [-0.2, -0.15) is 16.8 Å². The zero-order valence-electron chi connectivity index (χ0n) is 7.89. The molecule has 0 saturated carbocycles. The van der Waals surface area contributed by atoms with Crippen molar-refractivity contribution in [1.29, 1.82) is 0 Å². The van der Waals surface area contributed by atoms with Crippen molar-refractivity contribution in [3.63, 3.8) is 0 Å². The maximum absolute atomic E-state index is 11.5. The average Bonchev–Trinajstić information content (AvgIpc) is 2.03. The van der Waals surface area contributed by atoms with E-state index in [1.54, 1.807) is 0 Å². The van der Waals surface area contributed by atoms with Crippen molar-refractivity contribution in [3.05, 3.63) is 0 Å². The van der Waals surface area contributed by atoms with Crippen molar-refractivity contribution in [3.8, 4) is 0 Å². The van der Waals surface area contributed by atoms with Gasteiger partial charge >= 0.3 is 0 Å². The first kappa shape index (κ1) is 11.9. The summed E-state index contributed by atoms with van der Waals surface area (Å²) in [4.78, 5) is 0. The van der Waals surface area contributed by atoms with Gasteiger partial charge in [-0.25, -0.2) is 8.37 Å². The molecule has 0 bridgehead atoms. The lowest BCUT2D eigenvalue weighted by Gasteiger charge is -2.32. The average molecular weight is 244 g/mol. The summed E-state index contributed by atoms with van der Waals surface area (Å²) >= 11 is 0. The van der Waals surface area contributed by atoms with E-state index in [1.165, 1.54) is 13.8 Å². The smallest absolute Gasteiger partial charge is 0.239 e. The van der Waals surface area contributed by atoms with Crippen LogP contribution < -0.4 is 0 Å². The zero-order valence-corrected chi connectivity index (χ0v) is 9.52. The molecule has 0 radical (unpaired) electrons. The van der Waals surface area contributed by atoms with Crippen molar-refractivity contribution in [1.82, 2.24) is 0 Å². The Morgan fingerprint density at radius 2 is 1.36 bits per heavy atom. The van der Waals surface area contributed by atoms with Crippen LogP contribution in [0, 0.1) is 0 Å². The fourth-order valence-corrected chi connectivity index (χ4v) is 4.99. The summed E-state index contributed by atoms with van der Waals surface area (Å²) in [5.74, 6) is 0. The summed E-state index contributed by atoms with van der Waals surface area (Å²) in [7, 11) is -8.21. The van der Waals surface area contributed by atoms with Gasteiger partial charge in [0.25, 0.3) is 20.2 Å². The quantitative estimate of drug-likeness (QED) is 0.643. The molecule has 14 heavy (non-hydrogen) atoms. The van der Waals surface area contributed by atoms with Gasteiger partial charge in [-0.15, -0.1) is 0 Å². The fourth-order valence-electron chi connectivity index (χ4n) is 1.44. The molecule has 1 fully saturated rings. The van der Waals surface area contributed by atoms with Gasteiger partial charge in [-0.3, -0.25) is 0 Å². The molecule has 1 heterocycles. The van der Waals surface area contributed by atoms with Crippen LogP contribution >= 0.6 is 0 Å². The molecule has 0 atom stereocenters. The lowest BCUT2D eigenvalue weighted by Crippen LogP contribution is -2.50. The van der Waals surface area contributed by atoms with Gasteiger partial charge in [-0.05, 0) is 12.8 Å². The highest BCUT2D eigenvalue weighted by molar-refractivity contribution is 8.06. The van der Waals surface area contributed by atoms with E-state index in [1.807, 2.05) is 0 Å². The van der Waals surface area contributed by atoms with E-state index in [0.717, 1.165) is 0 Å². The molecule has 0 aromatic carbocycles. The summed E-state index contributed by atoms with van der Waals surface area (Å²) < 4.78 is 52.8. The Morgan fingerprint density at radius 1 is 1.00 bits per heavy atom. The van der Waals surface area contributed by atoms with Gasteiger partial charge in [0, 0.05) is 0 Å². The maximum Gasteiger partial charge on any atom is 0.292 e. The minimum absolute atomic E-state index is 0.0891. The highest BCUT2D eigenvalue weighted by Gasteiger charge is 2.57. The van der Waals surface area contributed by atoms with E-state index in [2.05, 4.69) is 8.37 Å². The van der Waals surface area contributed by atoms with Gasteiger partial charge in [0.2, 0.25) is 4.08 Å². The summed E-state index contributed by atoms with van der Waals surface area (Å²) in [6.07, 6.45) is -0.178. The fraction of sp³-hybridized carbons (Fsp3) is 1.00. The Hall–Kier alpha value is -0.180. The van der Waals surface area contributed by atoms with Gasteiger partial charge in [0.15, 0.2) is 6.79 Å². The second-order valence-corrected chi connectivity index (χ2v) is 6.99. The molecular weight excluding hydrogens is 232 g/mol. The topological polar surface area (TPSA) is 86.7 Å². The van der Waals surface area contributed by atoms with Crippen molar-refractivity contribution < 1.29 is 25.2 Å². The van der Waals surface area contributed by atoms with E-state index in [4.69, 9.17) is 0 Å². The number of hydrogen-bond donors (Lipinski definition) is 0. The lowest BCUT2D eigenvalue weighted by molar-refractivity contribution is 0.110. The minimum Gasteiger partial charge on any atom is -0.239 e. The molecule has 1 aliphatic heterocycles. The highest BCUT2D eigenvalue weighted by atomic mass is 32.3. The Balaban J connectivity index is 3.44. The molecule has 0 aromatic heterocycles. The SMILES string of the molecule is CCC1(CC)S(=O)(=O)OCOS1(=O)=O. The first-order valence-corrected chi connectivity index (χ1v) is 6.92. The Morgan fingerprint density at radius 3 is 1.57 bits per heavy atom.